The van der Waals surface area contributed by atoms with E-state index in [1.807, 2.05) is 42.3 Å². The summed E-state index contributed by atoms with van der Waals surface area (Å²) in [6.45, 7) is 1.39. The Bertz CT molecular complexity index is 775. The maximum Gasteiger partial charge on any atom is 0.161 e. The fourth-order valence-corrected chi connectivity index (χ4v) is 2.31. The van der Waals surface area contributed by atoms with Gasteiger partial charge >= 0.3 is 0 Å². The van der Waals surface area contributed by atoms with Gasteiger partial charge in [0.05, 0.1) is 31.4 Å². The molecular weight excluding hydrogens is 302 g/mol. The molecule has 0 aliphatic carbocycles. The molecule has 0 heterocycles. The Labute approximate surface area is 142 Å². The molecule has 0 saturated heterocycles. The fourth-order valence-electron chi connectivity index (χ4n) is 2.31. The number of methoxy groups -OCH3 is 1. The Balaban J connectivity index is 2.07. The minimum Gasteiger partial charge on any atom is -0.493 e. The highest BCUT2D eigenvalue weighted by Gasteiger charge is 2.08. The SMILES string of the molecule is COc1cc(CN(C)CC#N)ccc1OCc1cccc(C#N)c1. The average Bonchev–Trinajstić information content (AvgIpc) is 2.60. The van der Waals surface area contributed by atoms with Gasteiger partial charge in [-0.15, -0.1) is 0 Å². The highest BCUT2D eigenvalue weighted by atomic mass is 16.5. The standard InChI is InChI=1S/C19H19N3O2/c1-22(9-8-20)13-16-6-7-18(19(11-16)23-2)24-14-17-5-3-4-15(10-17)12-21/h3-7,10-11H,9,13-14H2,1-2H3. The topological polar surface area (TPSA) is 69.3 Å². The number of nitrogens with zero attached hydrogens (tertiary/aromatic N) is 3. The molecule has 0 saturated carbocycles. The maximum absolute atomic E-state index is 8.94. The molecule has 0 unspecified atom stereocenters. The number of hydrogen-bond acceptors (Lipinski definition) is 5. The summed E-state index contributed by atoms with van der Waals surface area (Å²) in [5.41, 5.74) is 2.58. The van der Waals surface area contributed by atoms with Gasteiger partial charge in [0.2, 0.25) is 0 Å². The van der Waals surface area contributed by atoms with Gasteiger partial charge in [0.1, 0.15) is 6.61 Å². The summed E-state index contributed by atoms with van der Waals surface area (Å²) in [6.07, 6.45) is 0. The molecule has 0 fully saturated rings. The molecule has 0 aliphatic heterocycles. The molecule has 0 aliphatic rings. The van der Waals surface area contributed by atoms with Crippen molar-refractivity contribution >= 4 is 0 Å². The van der Waals surface area contributed by atoms with Crippen LogP contribution in [0.1, 0.15) is 16.7 Å². The number of hydrogen-bond donors (Lipinski definition) is 0. The van der Waals surface area contributed by atoms with Crippen LogP contribution >= 0.6 is 0 Å². The van der Waals surface area contributed by atoms with Crippen LogP contribution in [0, 0.1) is 22.7 Å². The van der Waals surface area contributed by atoms with Crippen LogP contribution in [0.15, 0.2) is 42.5 Å². The van der Waals surface area contributed by atoms with Crippen LogP contribution in [-0.2, 0) is 13.2 Å². The van der Waals surface area contributed by atoms with Crippen molar-refractivity contribution in [3.05, 3.63) is 59.2 Å². The Kier molecular flexibility index (Phi) is 6.19. The smallest absolute Gasteiger partial charge is 0.161 e. The fraction of sp³-hybridized carbons (Fsp3) is 0.263. The summed E-state index contributed by atoms with van der Waals surface area (Å²) in [5, 5.41) is 17.7. The van der Waals surface area contributed by atoms with Gasteiger partial charge in [-0.2, -0.15) is 10.5 Å². The van der Waals surface area contributed by atoms with Gasteiger partial charge in [0.25, 0.3) is 0 Å². The second-order valence-electron chi connectivity index (χ2n) is 5.42. The van der Waals surface area contributed by atoms with Crippen molar-refractivity contribution in [2.24, 2.45) is 0 Å². The molecule has 0 N–H and O–H groups in total. The molecule has 2 aromatic rings. The van der Waals surface area contributed by atoms with Crippen LogP contribution in [0.2, 0.25) is 0 Å². The molecule has 0 amide bonds. The van der Waals surface area contributed by atoms with Gasteiger partial charge in [0.15, 0.2) is 11.5 Å². The van der Waals surface area contributed by atoms with Crippen molar-refractivity contribution in [1.29, 1.82) is 10.5 Å². The lowest BCUT2D eigenvalue weighted by Gasteiger charge is -2.15. The normalized spacial score (nSPS) is 10.0. The first kappa shape index (κ1) is 17.3. The summed E-state index contributed by atoms with van der Waals surface area (Å²) in [6, 6.07) is 17.3. The van der Waals surface area contributed by atoms with E-state index in [4.69, 9.17) is 20.0 Å². The van der Waals surface area contributed by atoms with Crippen molar-refractivity contribution in [2.45, 2.75) is 13.2 Å². The van der Waals surface area contributed by atoms with E-state index >= 15 is 0 Å². The Hall–Kier alpha value is -3.02. The van der Waals surface area contributed by atoms with Gasteiger partial charge in [-0.1, -0.05) is 18.2 Å². The lowest BCUT2D eigenvalue weighted by molar-refractivity contribution is 0.283. The third kappa shape index (κ3) is 4.74. The summed E-state index contributed by atoms with van der Waals surface area (Å²) in [5.74, 6) is 1.29. The van der Waals surface area contributed by atoms with Gasteiger partial charge in [-0.3, -0.25) is 4.90 Å². The highest BCUT2D eigenvalue weighted by Crippen LogP contribution is 2.29. The first-order valence-corrected chi connectivity index (χ1v) is 7.50. The minimum atomic E-state index is 0.361. The summed E-state index contributed by atoms with van der Waals surface area (Å²) in [7, 11) is 3.49. The first-order chi connectivity index (χ1) is 11.7. The predicted molar refractivity (Wildman–Crippen MR) is 90.4 cm³/mol. The third-order valence-corrected chi connectivity index (χ3v) is 3.47. The van der Waals surface area contributed by atoms with E-state index in [-0.39, 0.29) is 0 Å². The van der Waals surface area contributed by atoms with E-state index in [0.717, 1.165) is 11.1 Å². The van der Waals surface area contributed by atoms with E-state index in [2.05, 4.69) is 12.1 Å². The van der Waals surface area contributed by atoms with Gasteiger partial charge < -0.3 is 9.47 Å². The molecule has 2 aromatic carbocycles. The van der Waals surface area contributed by atoms with Crippen molar-refractivity contribution < 1.29 is 9.47 Å². The molecular formula is C19H19N3O2. The van der Waals surface area contributed by atoms with Crippen molar-refractivity contribution in [1.82, 2.24) is 4.90 Å². The van der Waals surface area contributed by atoms with E-state index in [9.17, 15) is 0 Å². The largest absolute Gasteiger partial charge is 0.493 e. The van der Waals surface area contributed by atoms with E-state index < -0.39 is 0 Å². The number of rotatable bonds is 7. The highest BCUT2D eigenvalue weighted by molar-refractivity contribution is 5.43. The summed E-state index contributed by atoms with van der Waals surface area (Å²) < 4.78 is 11.2. The van der Waals surface area contributed by atoms with Gasteiger partial charge in [0, 0.05) is 6.54 Å². The molecule has 5 nitrogen and oxygen atoms in total. The predicted octanol–water partition coefficient (Wildman–Crippen LogP) is 3.10. The maximum atomic E-state index is 8.94. The van der Waals surface area contributed by atoms with Crippen LogP contribution in [0.4, 0.5) is 0 Å². The van der Waals surface area contributed by atoms with Crippen LogP contribution in [0.25, 0.3) is 0 Å². The summed E-state index contributed by atoms with van der Waals surface area (Å²) in [4.78, 5) is 1.92. The number of benzene rings is 2. The van der Waals surface area contributed by atoms with Crippen LogP contribution in [-0.4, -0.2) is 25.6 Å². The monoisotopic (exact) mass is 321 g/mol. The zero-order valence-corrected chi connectivity index (χ0v) is 13.8. The zero-order valence-electron chi connectivity index (χ0n) is 13.8. The van der Waals surface area contributed by atoms with Crippen molar-refractivity contribution in [2.75, 3.05) is 20.7 Å². The van der Waals surface area contributed by atoms with Crippen LogP contribution < -0.4 is 9.47 Å². The van der Waals surface area contributed by atoms with Crippen LogP contribution in [0.3, 0.4) is 0 Å². The second kappa shape index (κ2) is 8.57. The quantitative estimate of drug-likeness (QED) is 0.733. The molecule has 24 heavy (non-hydrogen) atoms. The zero-order chi connectivity index (χ0) is 17.4. The third-order valence-electron chi connectivity index (χ3n) is 3.47. The van der Waals surface area contributed by atoms with Crippen LogP contribution in [0.5, 0.6) is 11.5 Å². The minimum absolute atomic E-state index is 0.361. The van der Waals surface area contributed by atoms with Gasteiger partial charge in [-0.25, -0.2) is 0 Å². The van der Waals surface area contributed by atoms with Gasteiger partial charge in [-0.05, 0) is 42.4 Å². The molecule has 0 bridgehead atoms. The lowest BCUT2D eigenvalue weighted by atomic mass is 10.1. The number of ether oxygens (including phenoxy) is 2. The Morgan fingerprint density at radius 3 is 2.58 bits per heavy atom. The summed E-state index contributed by atoms with van der Waals surface area (Å²) >= 11 is 0. The molecule has 2 rings (SSSR count). The molecule has 0 radical (unpaired) electrons. The number of nitriles is 2. The lowest BCUT2D eigenvalue weighted by Crippen LogP contribution is -2.17. The second-order valence-corrected chi connectivity index (χ2v) is 5.42. The Morgan fingerprint density at radius 2 is 1.88 bits per heavy atom. The first-order valence-electron chi connectivity index (χ1n) is 7.50. The molecule has 122 valence electrons. The average molecular weight is 321 g/mol. The van der Waals surface area contributed by atoms with Crippen molar-refractivity contribution in [3.8, 4) is 23.6 Å². The van der Waals surface area contributed by atoms with E-state index in [1.54, 1.807) is 19.2 Å². The molecule has 0 atom stereocenters. The molecule has 0 spiro atoms. The van der Waals surface area contributed by atoms with E-state index in [1.165, 1.54) is 0 Å². The molecule has 5 heteroatoms. The molecule has 0 aromatic heterocycles. The van der Waals surface area contributed by atoms with E-state index in [0.29, 0.717) is 36.8 Å². The Morgan fingerprint density at radius 1 is 1.04 bits per heavy atom. The van der Waals surface area contributed by atoms with Crippen molar-refractivity contribution in [3.63, 3.8) is 0 Å².